The first-order valence-electron chi connectivity index (χ1n) is 8.95. The van der Waals surface area contributed by atoms with Crippen LogP contribution in [0.4, 0.5) is 0 Å². The molecule has 0 saturated carbocycles. The van der Waals surface area contributed by atoms with Crippen molar-refractivity contribution < 1.29 is 9.47 Å². The van der Waals surface area contributed by atoms with Crippen molar-refractivity contribution in [2.75, 3.05) is 13.7 Å². The first-order valence-corrected chi connectivity index (χ1v) is 8.95. The SMILES string of the molecule is COc1ccc(Cc2nc3c(c4c2[nH]c2ccccc24)COCC3)cc1. The van der Waals surface area contributed by atoms with Crippen LogP contribution in [0.2, 0.25) is 0 Å². The molecule has 4 aromatic rings. The summed E-state index contributed by atoms with van der Waals surface area (Å²) >= 11 is 0. The molecule has 0 amide bonds. The summed E-state index contributed by atoms with van der Waals surface area (Å²) in [4.78, 5) is 8.63. The molecule has 2 aromatic heterocycles. The summed E-state index contributed by atoms with van der Waals surface area (Å²) in [5, 5.41) is 2.52. The number of benzene rings is 2. The molecule has 2 aromatic carbocycles. The number of fused-ring (bicyclic) bond motifs is 5. The standard InChI is InChI=1S/C22H20N2O2/c1-25-15-8-6-14(7-9-15)12-20-22-21(16-4-2-3-5-18(16)24-22)17-13-26-11-10-19(17)23-20/h2-9,24H,10-13H2,1H3. The Hall–Kier alpha value is -2.85. The zero-order valence-electron chi connectivity index (χ0n) is 14.7. The van der Waals surface area contributed by atoms with E-state index < -0.39 is 0 Å². The topological polar surface area (TPSA) is 47.1 Å². The van der Waals surface area contributed by atoms with Gasteiger partial charge in [0.15, 0.2) is 0 Å². The Morgan fingerprint density at radius 3 is 2.81 bits per heavy atom. The summed E-state index contributed by atoms with van der Waals surface area (Å²) < 4.78 is 11.0. The van der Waals surface area contributed by atoms with Crippen molar-refractivity contribution in [2.24, 2.45) is 0 Å². The van der Waals surface area contributed by atoms with Crippen LogP contribution in [0.1, 0.15) is 22.5 Å². The van der Waals surface area contributed by atoms with E-state index in [1.807, 2.05) is 12.1 Å². The Bertz CT molecular complexity index is 1100. The van der Waals surface area contributed by atoms with Gasteiger partial charge in [-0.25, -0.2) is 0 Å². The number of nitrogens with one attached hydrogen (secondary N) is 1. The van der Waals surface area contributed by atoms with Crippen LogP contribution in [0.25, 0.3) is 21.8 Å². The van der Waals surface area contributed by atoms with E-state index in [9.17, 15) is 0 Å². The number of aromatic amines is 1. The van der Waals surface area contributed by atoms with Gasteiger partial charge in [-0.2, -0.15) is 0 Å². The van der Waals surface area contributed by atoms with E-state index in [1.165, 1.54) is 27.6 Å². The largest absolute Gasteiger partial charge is 0.497 e. The smallest absolute Gasteiger partial charge is 0.118 e. The van der Waals surface area contributed by atoms with Crippen LogP contribution < -0.4 is 4.74 Å². The van der Waals surface area contributed by atoms with Crippen molar-refractivity contribution in [1.29, 1.82) is 0 Å². The number of para-hydroxylation sites is 1. The lowest BCUT2D eigenvalue weighted by molar-refractivity contribution is 0.110. The van der Waals surface area contributed by atoms with Crippen molar-refractivity contribution in [3.8, 4) is 5.75 Å². The number of H-pyrrole nitrogens is 1. The molecule has 0 fully saturated rings. The highest BCUT2D eigenvalue weighted by molar-refractivity contribution is 6.09. The van der Waals surface area contributed by atoms with Crippen molar-refractivity contribution >= 4 is 21.8 Å². The van der Waals surface area contributed by atoms with Crippen LogP contribution in [0.3, 0.4) is 0 Å². The maximum absolute atomic E-state index is 5.74. The van der Waals surface area contributed by atoms with E-state index in [0.717, 1.165) is 41.9 Å². The van der Waals surface area contributed by atoms with E-state index in [1.54, 1.807) is 7.11 Å². The summed E-state index contributed by atoms with van der Waals surface area (Å²) in [7, 11) is 1.69. The maximum atomic E-state index is 5.74. The third kappa shape index (κ3) is 2.45. The molecule has 1 aliphatic rings. The molecule has 4 heteroatoms. The normalized spacial score (nSPS) is 13.9. The minimum absolute atomic E-state index is 0.642. The first-order chi connectivity index (χ1) is 12.8. The molecule has 0 unspecified atom stereocenters. The molecule has 0 radical (unpaired) electrons. The molecule has 4 nitrogen and oxygen atoms in total. The maximum Gasteiger partial charge on any atom is 0.118 e. The summed E-state index contributed by atoms with van der Waals surface area (Å²) in [6.07, 6.45) is 1.67. The Morgan fingerprint density at radius 2 is 1.96 bits per heavy atom. The molecule has 26 heavy (non-hydrogen) atoms. The Kier molecular flexibility index (Phi) is 3.64. The highest BCUT2D eigenvalue weighted by Crippen LogP contribution is 2.34. The van der Waals surface area contributed by atoms with Crippen molar-refractivity contribution in [3.63, 3.8) is 0 Å². The number of ether oxygens (including phenoxy) is 2. The summed E-state index contributed by atoms with van der Waals surface area (Å²) in [6, 6.07) is 16.7. The molecule has 5 rings (SSSR count). The minimum Gasteiger partial charge on any atom is -0.497 e. The van der Waals surface area contributed by atoms with Crippen LogP contribution in [-0.4, -0.2) is 23.7 Å². The van der Waals surface area contributed by atoms with Gasteiger partial charge in [-0.3, -0.25) is 4.98 Å². The molecule has 0 spiro atoms. The van der Waals surface area contributed by atoms with E-state index in [2.05, 4.69) is 41.4 Å². The van der Waals surface area contributed by atoms with Gasteiger partial charge in [0.2, 0.25) is 0 Å². The molecular formula is C22H20N2O2. The van der Waals surface area contributed by atoms with Crippen LogP contribution >= 0.6 is 0 Å². The monoisotopic (exact) mass is 344 g/mol. The fraction of sp³-hybridized carbons (Fsp3) is 0.227. The highest BCUT2D eigenvalue weighted by atomic mass is 16.5. The molecule has 1 N–H and O–H groups in total. The van der Waals surface area contributed by atoms with Gasteiger partial charge in [-0.05, 0) is 23.8 Å². The predicted octanol–water partition coefficient (Wildman–Crippen LogP) is 4.39. The summed E-state index contributed by atoms with van der Waals surface area (Å²) in [5.41, 5.74) is 7.03. The fourth-order valence-electron chi connectivity index (χ4n) is 3.87. The van der Waals surface area contributed by atoms with E-state index >= 15 is 0 Å². The average Bonchev–Trinajstić information content (AvgIpc) is 3.09. The zero-order valence-corrected chi connectivity index (χ0v) is 14.7. The molecule has 3 heterocycles. The predicted molar refractivity (Wildman–Crippen MR) is 103 cm³/mol. The number of aromatic nitrogens is 2. The number of nitrogens with zero attached hydrogens (tertiary/aromatic N) is 1. The summed E-state index contributed by atoms with van der Waals surface area (Å²) in [6.45, 7) is 1.39. The number of rotatable bonds is 3. The minimum atomic E-state index is 0.642. The van der Waals surface area contributed by atoms with Gasteiger partial charge in [0.25, 0.3) is 0 Å². The highest BCUT2D eigenvalue weighted by Gasteiger charge is 2.21. The van der Waals surface area contributed by atoms with Gasteiger partial charge < -0.3 is 14.5 Å². The van der Waals surface area contributed by atoms with Gasteiger partial charge in [-0.1, -0.05) is 30.3 Å². The van der Waals surface area contributed by atoms with Gasteiger partial charge >= 0.3 is 0 Å². The lowest BCUT2D eigenvalue weighted by atomic mass is 9.99. The summed E-state index contributed by atoms with van der Waals surface area (Å²) in [5.74, 6) is 0.875. The van der Waals surface area contributed by atoms with E-state index in [4.69, 9.17) is 14.5 Å². The van der Waals surface area contributed by atoms with Gasteiger partial charge in [0.05, 0.1) is 31.5 Å². The third-order valence-electron chi connectivity index (χ3n) is 5.17. The van der Waals surface area contributed by atoms with Gasteiger partial charge in [-0.15, -0.1) is 0 Å². The number of methoxy groups -OCH3 is 1. The second-order valence-corrected chi connectivity index (χ2v) is 6.73. The van der Waals surface area contributed by atoms with Crippen molar-refractivity contribution in [2.45, 2.75) is 19.4 Å². The van der Waals surface area contributed by atoms with Crippen LogP contribution in [0.5, 0.6) is 5.75 Å². The number of hydrogen-bond donors (Lipinski definition) is 1. The molecule has 130 valence electrons. The Morgan fingerprint density at radius 1 is 1.12 bits per heavy atom. The van der Waals surface area contributed by atoms with Gasteiger partial charge in [0, 0.05) is 40.4 Å². The molecule has 0 saturated heterocycles. The van der Waals surface area contributed by atoms with E-state index in [-0.39, 0.29) is 0 Å². The molecule has 0 bridgehead atoms. The van der Waals surface area contributed by atoms with E-state index in [0.29, 0.717) is 6.61 Å². The average molecular weight is 344 g/mol. The second-order valence-electron chi connectivity index (χ2n) is 6.73. The van der Waals surface area contributed by atoms with Crippen molar-refractivity contribution in [3.05, 3.63) is 71.0 Å². The second kappa shape index (κ2) is 6.15. The number of pyridine rings is 1. The van der Waals surface area contributed by atoms with Gasteiger partial charge in [0.1, 0.15) is 5.75 Å². The zero-order chi connectivity index (χ0) is 17.5. The molecule has 0 atom stereocenters. The number of hydrogen-bond acceptors (Lipinski definition) is 3. The van der Waals surface area contributed by atoms with Crippen molar-refractivity contribution in [1.82, 2.24) is 9.97 Å². The molecule has 0 aliphatic carbocycles. The lowest BCUT2D eigenvalue weighted by Crippen LogP contribution is -2.14. The third-order valence-corrected chi connectivity index (χ3v) is 5.17. The Balaban J connectivity index is 1.71. The molecule has 1 aliphatic heterocycles. The van der Waals surface area contributed by atoms with Crippen LogP contribution in [0, 0.1) is 0 Å². The Labute approximate surface area is 151 Å². The van der Waals surface area contributed by atoms with Crippen LogP contribution in [-0.2, 0) is 24.2 Å². The first kappa shape index (κ1) is 15.4. The quantitative estimate of drug-likeness (QED) is 0.600. The molecular weight excluding hydrogens is 324 g/mol. The van der Waals surface area contributed by atoms with Crippen LogP contribution in [0.15, 0.2) is 48.5 Å². The fourth-order valence-corrected chi connectivity index (χ4v) is 3.87. The lowest BCUT2D eigenvalue weighted by Gasteiger charge is -2.18.